The molecule has 1 rings (SSSR count). The van der Waals surface area contributed by atoms with Crippen molar-refractivity contribution in [2.24, 2.45) is 0 Å². The standard InChI is InChI=1S/C9H9F3N2O3S/c1-2-17-8(16)6-7(9(10,11)12)18-5(14-6)3-13-4-15/h4H,2-3H2,1H3,(H,13,15). The molecule has 1 aromatic heterocycles. The van der Waals surface area contributed by atoms with Crippen LogP contribution in [0.5, 0.6) is 0 Å². The zero-order valence-electron chi connectivity index (χ0n) is 9.21. The molecule has 0 aromatic carbocycles. The summed E-state index contributed by atoms with van der Waals surface area (Å²) in [6.07, 6.45) is -4.35. The molecular weight excluding hydrogens is 273 g/mol. The summed E-state index contributed by atoms with van der Waals surface area (Å²) in [6, 6.07) is 0. The number of halogens is 3. The lowest BCUT2D eigenvalue weighted by Crippen LogP contribution is -2.13. The van der Waals surface area contributed by atoms with Crippen LogP contribution in [0.3, 0.4) is 0 Å². The van der Waals surface area contributed by atoms with E-state index < -0.39 is 22.7 Å². The van der Waals surface area contributed by atoms with E-state index in [0.29, 0.717) is 17.7 Å². The maximum atomic E-state index is 12.7. The second kappa shape index (κ2) is 5.80. The molecule has 9 heteroatoms. The summed E-state index contributed by atoms with van der Waals surface area (Å²) in [5.74, 6) is -1.13. The number of nitrogens with one attached hydrogen (secondary N) is 1. The van der Waals surface area contributed by atoms with Crippen LogP contribution in [-0.2, 0) is 22.3 Å². The maximum Gasteiger partial charge on any atom is 0.428 e. The van der Waals surface area contributed by atoms with Gasteiger partial charge in [-0.15, -0.1) is 11.3 Å². The SMILES string of the molecule is CCOC(=O)c1nc(CNC=O)sc1C(F)(F)F. The Labute approximate surface area is 104 Å². The molecule has 0 spiro atoms. The normalized spacial score (nSPS) is 11.1. The Bertz CT molecular complexity index is 445. The third kappa shape index (κ3) is 3.42. The number of ether oxygens (including phenoxy) is 1. The summed E-state index contributed by atoms with van der Waals surface area (Å²) in [5.41, 5.74) is -0.767. The fraction of sp³-hybridized carbons (Fsp3) is 0.444. The number of esters is 1. The molecule has 0 atom stereocenters. The van der Waals surface area contributed by atoms with Crippen LogP contribution in [0.15, 0.2) is 0 Å². The van der Waals surface area contributed by atoms with E-state index in [0.717, 1.165) is 0 Å². The van der Waals surface area contributed by atoms with E-state index in [-0.39, 0.29) is 18.2 Å². The van der Waals surface area contributed by atoms with Gasteiger partial charge in [-0.05, 0) is 6.92 Å². The summed E-state index contributed by atoms with van der Waals surface area (Å²) >= 11 is 0.302. The number of hydrogen-bond donors (Lipinski definition) is 1. The molecule has 0 aliphatic carbocycles. The number of carbonyl (C=O) groups excluding carboxylic acids is 2. The Balaban J connectivity index is 3.08. The highest BCUT2D eigenvalue weighted by atomic mass is 32.1. The molecule has 1 amide bonds. The molecule has 5 nitrogen and oxygen atoms in total. The van der Waals surface area contributed by atoms with Crippen molar-refractivity contribution in [1.82, 2.24) is 10.3 Å². The van der Waals surface area contributed by atoms with Gasteiger partial charge in [0.2, 0.25) is 6.41 Å². The maximum absolute atomic E-state index is 12.7. The summed E-state index contributed by atoms with van der Waals surface area (Å²) < 4.78 is 42.5. The zero-order valence-corrected chi connectivity index (χ0v) is 10.0. The Morgan fingerprint density at radius 2 is 2.22 bits per heavy atom. The van der Waals surface area contributed by atoms with Gasteiger partial charge in [-0.1, -0.05) is 0 Å². The first-order valence-electron chi connectivity index (χ1n) is 4.81. The molecule has 18 heavy (non-hydrogen) atoms. The molecule has 1 aromatic rings. The van der Waals surface area contributed by atoms with E-state index in [9.17, 15) is 22.8 Å². The number of amides is 1. The summed E-state index contributed by atoms with van der Waals surface area (Å²) in [4.78, 5) is 23.8. The molecule has 0 unspecified atom stereocenters. The van der Waals surface area contributed by atoms with Crippen LogP contribution in [0.4, 0.5) is 13.2 Å². The quantitative estimate of drug-likeness (QED) is 0.657. The van der Waals surface area contributed by atoms with Crippen molar-refractivity contribution in [3.05, 3.63) is 15.6 Å². The predicted molar refractivity (Wildman–Crippen MR) is 56.0 cm³/mol. The van der Waals surface area contributed by atoms with Crippen LogP contribution in [0.25, 0.3) is 0 Å². The van der Waals surface area contributed by atoms with Crippen molar-refractivity contribution >= 4 is 23.7 Å². The highest BCUT2D eigenvalue weighted by molar-refractivity contribution is 7.12. The Kier molecular flexibility index (Phi) is 4.65. The minimum atomic E-state index is -4.68. The molecular formula is C9H9F3N2O3S. The Morgan fingerprint density at radius 1 is 1.56 bits per heavy atom. The zero-order chi connectivity index (χ0) is 13.8. The van der Waals surface area contributed by atoms with Crippen molar-refractivity contribution < 1.29 is 27.5 Å². The fourth-order valence-corrected chi connectivity index (χ4v) is 1.97. The van der Waals surface area contributed by atoms with Crippen LogP contribution >= 0.6 is 11.3 Å². The molecule has 100 valence electrons. The van der Waals surface area contributed by atoms with E-state index in [1.807, 2.05) is 0 Å². The highest BCUT2D eigenvalue weighted by Gasteiger charge is 2.39. The topological polar surface area (TPSA) is 68.3 Å². The van der Waals surface area contributed by atoms with E-state index in [2.05, 4.69) is 15.0 Å². The van der Waals surface area contributed by atoms with Gasteiger partial charge in [0.1, 0.15) is 9.88 Å². The van der Waals surface area contributed by atoms with Crippen LogP contribution in [0.1, 0.15) is 27.3 Å². The number of rotatable bonds is 5. The first-order chi connectivity index (χ1) is 8.40. The average Bonchev–Trinajstić information content (AvgIpc) is 2.70. The third-order valence-electron chi connectivity index (χ3n) is 1.73. The van der Waals surface area contributed by atoms with E-state index >= 15 is 0 Å². The summed E-state index contributed by atoms with van der Waals surface area (Å²) in [7, 11) is 0. The fourth-order valence-electron chi connectivity index (χ4n) is 1.10. The van der Waals surface area contributed by atoms with Crippen molar-refractivity contribution in [2.75, 3.05) is 6.61 Å². The monoisotopic (exact) mass is 282 g/mol. The molecule has 0 aliphatic rings. The van der Waals surface area contributed by atoms with Crippen molar-refractivity contribution in [3.63, 3.8) is 0 Å². The molecule has 0 saturated carbocycles. The van der Waals surface area contributed by atoms with Crippen molar-refractivity contribution in [2.45, 2.75) is 19.6 Å². The van der Waals surface area contributed by atoms with Gasteiger partial charge in [0.05, 0.1) is 13.2 Å². The van der Waals surface area contributed by atoms with Crippen LogP contribution in [0.2, 0.25) is 0 Å². The second-order valence-electron chi connectivity index (χ2n) is 3.00. The lowest BCUT2D eigenvalue weighted by atomic mass is 10.3. The van der Waals surface area contributed by atoms with Gasteiger partial charge in [-0.25, -0.2) is 9.78 Å². The summed E-state index contributed by atoms with van der Waals surface area (Å²) in [5, 5.41) is 2.16. The van der Waals surface area contributed by atoms with Gasteiger partial charge in [-0.3, -0.25) is 4.79 Å². The number of aromatic nitrogens is 1. The number of hydrogen-bond acceptors (Lipinski definition) is 5. The van der Waals surface area contributed by atoms with Gasteiger partial charge in [0.25, 0.3) is 0 Å². The minimum Gasteiger partial charge on any atom is -0.461 e. The number of thiazole rings is 1. The molecule has 0 saturated heterocycles. The van der Waals surface area contributed by atoms with Gasteiger partial charge < -0.3 is 10.1 Å². The van der Waals surface area contributed by atoms with Crippen molar-refractivity contribution in [3.8, 4) is 0 Å². The first kappa shape index (κ1) is 14.4. The lowest BCUT2D eigenvalue weighted by Gasteiger charge is -2.05. The molecule has 0 bridgehead atoms. The van der Waals surface area contributed by atoms with Gasteiger partial charge in [0.15, 0.2) is 5.69 Å². The number of alkyl halides is 3. The lowest BCUT2D eigenvalue weighted by molar-refractivity contribution is -0.135. The Hall–Kier alpha value is -1.64. The average molecular weight is 282 g/mol. The molecule has 0 aliphatic heterocycles. The van der Waals surface area contributed by atoms with Crippen LogP contribution in [-0.4, -0.2) is 24.0 Å². The van der Waals surface area contributed by atoms with Crippen molar-refractivity contribution in [1.29, 1.82) is 0 Å². The Morgan fingerprint density at radius 3 is 2.72 bits per heavy atom. The van der Waals surface area contributed by atoms with E-state index in [1.165, 1.54) is 6.92 Å². The summed E-state index contributed by atoms with van der Waals surface area (Å²) in [6.45, 7) is 1.26. The van der Waals surface area contributed by atoms with E-state index in [4.69, 9.17) is 0 Å². The van der Waals surface area contributed by atoms with Gasteiger partial charge >= 0.3 is 12.1 Å². The molecule has 1 N–H and O–H groups in total. The largest absolute Gasteiger partial charge is 0.461 e. The van der Waals surface area contributed by atoms with Crippen LogP contribution < -0.4 is 5.32 Å². The molecule has 1 heterocycles. The van der Waals surface area contributed by atoms with E-state index in [1.54, 1.807) is 0 Å². The van der Waals surface area contributed by atoms with Gasteiger partial charge in [0, 0.05) is 0 Å². The van der Waals surface area contributed by atoms with Gasteiger partial charge in [-0.2, -0.15) is 13.2 Å². The third-order valence-corrected chi connectivity index (χ3v) is 2.83. The smallest absolute Gasteiger partial charge is 0.428 e. The number of carbonyl (C=O) groups is 2. The molecule has 0 fully saturated rings. The first-order valence-corrected chi connectivity index (χ1v) is 5.62. The van der Waals surface area contributed by atoms with Crippen LogP contribution in [0, 0.1) is 0 Å². The predicted octanol–water partition coefficient (Wildman–Crippen LogP) is 1.58. The second-order valence-corrected chi connectivity index (χ2v) is 4.09. The number of nitrogens with zero attached hydrogens (tertiary/aromatic N) is 1. The molecule has 0 radical (unpaired) electrons. The highest BCUT2D eigenvalue weighted by Crippen LogP contribution is 2.36. The minimum absolute atomic E-state index is 0.0162.